The first-order chi connectivity index (χ1) is 10.2. The van der Waals surface area contributed by atoms with Gasteiger partial charge in [-0.15, -0.1) is 0 Å². The monoisotopic (exact) mass is 276 g/mol. The smallest absolute Gasteiger partial charge is 0.140 e. The van der Waals surface area contributed by atoms with Crippen molar-refractivity contribution in [3.05, 3.63) is 95.7 Å². The van der Waals surface area contributed by atoms with Crippen LogP contribution in [0.5, 0.6) is 0 Å². The van der Waals surface area contributed by atoms with Crippen molar-refractivity contribution in [3.63, 3.8) is 0 Å². The average molecular weight is 276 g/mol. The van der Waals surface area contributed by atoms with E-state index in [4.69, 9.17) is 5.73 Å². The summed E-state index contributed by atoms with van der Waals surface area (Å²) >= 11 is 0. The fourth-order valence-corrected chi connectivity index (χ4v) is 2.53. The van der Waals surface area contributed by atoms with E-state index >= 15 is 0 Å². The van der Waals surface area contributed by atoms with Crippen LogP contribution in [0.4, 0.5) is 5.82 Å². The molecular formula is C18H16N2O. The van der Waals surface area contributed by atoms with Crippen LogP contribution in [0.1, 0.15) is 16.7 Å². The summed E-state index contributed by atoms with van der Waals surface area (Å²) in [4.78, 5) is 4.01. The molecule has 3 nitrogen and oxygen atoms in total. The van der Waals surface area contributed by atoms with Crippen LogP contribution in [-0.2, 0) is 5.60 Å². The highest BCUT2D eigenvalue weighted by Crippen LogP contribution is 2.36. The Morgan fingerprint density at radius 3 is 1.76 bits per heavy atom. The predicted octanol–water partition coefficient (Wildman–Crippen LogP) is 2.95. The summed E-state index contributed by atoms with van der Waals surface area (Å²) in [5.74, 6) is 0.387. The molecule has 0 aliphatic rings. The van der Waals surface area contributed by atoms with Gasteiger partial charge in [-0.05, 0) is 28.8 Å². The molecule has 0 saturated heterocycles. The van der Waals surface area contributed by atoms with Gasteiger partial charge >= 0.3 is 0 Å². The minimum Gasteiger partial charge on any atom is -0.384 e. The summed E-state index contributed by atoms with van der Waals surface area (Å²) < 4.78 is 0. The fourth-order valence-electron chi connectivity index (χ4n) is 2.53. The summed E-state index contributed by atoms with van der Waals surface area (Å²) in [6.07, 6.45) is 1.61. The normalized spacial score (nSPS) is 11.3. The lowest BCUT2D eigenvalue weighted by atomic mass is 9.81. The molecule has 3 N–H and O–H groups in total. The third kappa shape index (κ3) is 2.39. The van der Waals surface area contributed by atoms with Crippen molar-refractivity contribution in [2.24, 2.45) is 0 Å². The number of nitrogens with zero attached hydrogens (tertiary/aromatic N) is 1. The van der Waals surface area contributed by atoms with Crippen molar-refractivity contribution in [3.8, 4) is 0 Å². The van der Waals surface area contributed by atoms with E-state index in [0.29, 0.717) is 11.4 Å². The van der Waals surface area contributed by atoms with Gasteiger partial charge in [0.2, 0.25) is 0 Å². The number of hydrogen-bond acceptors (Lipinski definition) is 3. The molecule has 0 radical (unpaired) electrons. The van der Waals surface area contributed by atoms with E-state index in [0.717, 1.165) is 11.1 Å². The number of anilines is 1. The molecule has 0 bridgehead atoms. The first kappa shape index (κ1) is 13.3. The van der Waals surface area contributed by atoms with Gasteiger partial charge in [0.25, 0.3) is 0 Å². The molecule has 0 fully saturated rings. The maximum atomic E-state index is 11.5. The van der Waals surface area contributed by atoms with Gasteiger partial charge < -0.3 is 10.8 Å². The van der Waals surface area contributed by atoms with Crippen molar-refractivity contribution in [1.82, 2.24) is 4.98 Å². The summed E-state index contributed by atoms with van der Waals surface area (Å²) in [6, 6.07) is 22.6. The zero-order chi connectivity index (χ0) is 14.7. The number of hydrogen-bond donors (Lipinski definition) is 2. The number of aliphatic hydroxyl groups is 1. The van der Waals surface area contributed by atoms with Crippen molar-refractivity contribution in [1.29, 1.82) is 0 Å². The topological polar surface area (TPSA) is 59.1 Å². The summed E-state index contributed by atoms with van der Waals surface area (Å²) in [6.45, 7) is 0. The second kappa shape index (κ2) is 5.38. The lowest BCUT2D eigenvalue weighted by Gasteiger charge is -2.30. The molecular weight excluding hydrogens is 260 g/mol. The Bertz CT molecular complexity index is 687. The lowest BCUT2D eigenvalue weighted by Crippen LogP contribution is -2.29. The molecule has 21 heavy (non-hydrogen) atoms. The molecule has 3 heteroatoms. The SMILES string of the molecule is Nc1cc(C(O)(c2ccccc2)c2ccccc2)ccn1. The summed E-state index contributed by atoms with van der Waals surface area (Å²) in [7, 11) is 0. The maximum absolute atomic E-state index is 11.5. The third-order valence-electron chi connectivity index (χ3n) is 3.58. The molecule has 1 aromatic heterocycles. The van der Waals surface area contributed by atoms with Crippen LogP contribution in [0.3, 0.4) is 0 Å². The highest BCUT2D eigenvalue weighted by molar-refractivity contribution is 5.49. The van der Waals surface area contributed by atoms with E-state index in [1.807, 2.05) is 60.7 Å². The van der Waals surface area contributed by atoms with Crippen LogP contribution >= 0.6 is 0 Å². The second-order valence-corrected chi connectivity index (χ2v) is 4.91. The molecule has 0 aliphatic heterocycles. The summed E-state index contributed by atoms with van der Waals surface area (Å²) in [5, 5.41) is 11.5. The zero-order valence-corrected chi connectivity index (χ0v) is 11.5. The molecule has 2 aromatic carbocycles. The van der Waals surface area contributed by atoms with Crippen molar-refractivity contribution in [2.45, 2.75) is 5.60 Å². The van der Waals surface area contributed by atoms with Gasteiger partial charge in [0, 0.05) is 6.20 Å². The number of rotatable bonds is 3. The Morgan fingerprint density at radius 2 is 1.29 bits per heavy atom. The molecule has 0 atom stereocenters. The molecule has 3 aromatic rings. The van der Waals surface area contributed by atoms with Gasteiger partial charge in [-0.3, -0.25) is 0 Å². The quantitative estimate of drug-likeness (QED) is 0.773. The Labute approximate surface area is 123 Å². The molecule has 0 saturated carbocycles. The maximum Gasteiger partial charge on any atom is 0.140 e. The first-order valence-electron chi connectivity index (χ1n) is 6.76. The third-order valence-corrected chi connectivity index (χ3v) is 3.58. The number of aromatic nitrogens is 1. The molecule has 0 aliphatic carbocycles. The van der Waals surface area contributed by atoms with Crippen LogP contribution < -0.4 is 5.73 Å². The average Bonchev–Trinajstić information content (AvgIpc) is 2.56. The molecule has 0 spiro atoms. The minimum absolute atomic E-state index is 0.387. The molecule has 0 amide bonds. The summed E-state index contributed by atoms with van der Waals surface area (Å²) in [5.41, 5.74) is 6.83. The van der Waals surface area contributed by atoms with Gasteiger partial charge in [-0.1, -0.05) is 60.7 Å². The van der Waals surface area contributed by atoms with E-state index in [1.165, 1.54) is 0 Å². The van der Waals surface area contributed by atoms with E-state index in [9.17, 15) is 5.11 Å². The number of pyridine rings is 1. The van der Waals surface area contributed by atoms with E-state index < -0.39 is 5.60 Å². The number of nitrogens with two attached hydrogens (primary N) is 1. The zero-order valence-electron chi connectivity index (χ0n) is 11.5. The Balaban J connectivity index is 2.25. The Hall–Kier alpha value is -2.65. The van der Waals surface area contributed by atoms with Gasteiger partial charge in [0.1, 0.15) is 11.4 Å². The van der Waals surface area contributed by atoms with E-state index in [1.54, 1.807) is 18.3 Å². The van der Waals surface area contributed by atoms with Crippen molar-refractivity contribution < 1.29 is 5.11 Å². The molecule has 1 heterocycles. The fraction of sp³-hybridized carbons (Fsp3) is 0.0556. The van der Waals surface area contributed by atoms with Crippen LogP contribution in [0.2, 0.25) is 0 Å². The number of benzene rings is 2. The van der Waals surface area contributed by atoms with Gasteiger partial charge in [-0.25, -0.2) is 4.98 Å². The van der Waals surface area contributed by atoms with Crippen molar-refractivity contribution in [2.75, 3.05) is 5.73 Å². The molecule has 3 rings (SSSR count). The highest BCUT2D eigenvalue weighted by atomic mass is 16.3. The lowest BCUT2D eigenvalue weighted by molar-refractivity contribution is 0.125. The van der Waals surface area contributed by atoms with Gasteiger partial charge in [0.05, 0.1) is 0 Å². The molecule has 0 unspecified atom stereocenters. The Kier molecular flexibility index (Phi) is 3.42. The van der Waals surface area contributed by atoms with Crippen molar-refractivity contribution >= 4 is 5.82 Å². The van der Waals surface area contributed by atoms with Crippen LogP contribution in [-0.4, -0.2) is 10.1 Å². The predicted molar refractivity (Wildman–Crippen MR) is 83.6 cm³/mol. The first-order valence-corrected chi connectivity index (χ1v) is 6.76. The van der Waals surface area contributed by atoms with E-state index in [-0.39, 0.29) is 0 Å². The van der Waals surface area contributed by atoms with Crippen LogP contribution in [0, 0.1) is 0 Å². The number of nitrogen functional groups attached to an aromatic ring is 1. The van der Waals surface area contributed by atoms with Crippen LogP contribution in [0.25, 0.3) is 0 Å². The van der Waals surface area contributed by atoms with E-state index in [2.05, 4.69) is 4.98 Å². The highest BCUT2D eigenvalue weighted by Gasteiger charge is 2.33. The minimum atomic E-state index is -1.25. The van der Waals surface area contributed by atoms with Gasteiger partial charge in [0.15, 0.2) is 0 Å². The second-order valence-electron chi connectivity index (χ2n) is 4.91. The standard InChI is InChI=1S/C18H16N2O/c19-17-13-16(11-12-20-17)18(21,14-7-3-1-4-8-14)15-9-5-2-6-10-15/h1-13,21H,(H2,19,20). The van der Waals surface area contributed by atoms with Crippen LogP contribution in [0.15, 0.2) is 79.0 Å². The van der Waals surface area contributed by atoms with Gasteiger partial charge in [-0.2, -0.15) is 0 Å². The Morgan fingerprint density at radius 1 is 0.762 bits per heavy atom. The largest absolute Gasteiger partial charge is 0.384 e. The molecule has 104 valence electrons.